The second kappa shape index (κ2) is 5.58. The van der Waals surface area contributed by atoms with Gasteiger partial charge in [-0.2, -0.15) is 0 Å². The first-order chi connectivity index (χ1) is 12.5. The average molecular weight is 379 g/mol. The molecule has 4 aliphatic rings. The first-order valence-corrected chi connectivity index (χ1v) is 10.1. The topological polar surface area (TPSA) is 24.7 Å². The molecule has 0 spiro atoms. The minimum atomic E-state index is -0.229. The van der Waals surface area contributed by atoms with E-state index in [4.69, 9.17) is 16.6 Å². The lowest BCUT2D eigenvalue weighted by molar-refractivity contribution is 0.516. The van der Waals surface area contributed by atoms with Crippen molar-refractivity contribution in [2.24, 2.45) is 15.4 Å². The number of amidine groups is 1. The third-order valence-electron chi connectivity index (χ3n) is 5.81. The molecule has 2 aliphatic carbocycles. The molecule has 2 aliphatic heterocycles. The van der Waals surface area contributed by atoms with Crippen LogP contribution in [0.2, 0.25) is 0 Å². The predicted octanol–water partition coefficient (Wildman–Crippen LogP) is 5.71. The molecule has 1 aromatic rings. The molecule has 0 saturated heterocycles. The fourth-order valence-corrected chi connectivity index (χ4v) is 5.88. The highest BCUT2D eigenvalue weighted by molar-refractivity contribution is 8.02. The number of benzene rings is 1. The fourth-order valence-electron chi connectivity index (χ4n) is 4.27. The third-order valence-corrected chi connectivity index (χ3v) is 7.40. The van der Waals surface area contributed by atoms with E-state index in [1.165, 1.54) is 21.6 Å². The van der Waals surface area contributed by atoms with Crippen molar-refractivity contribution in [1.29, 1.82) is 0 Å². The predicted molar refractivity (Wildman–Crippen MR) is 111 cm³/mol. The summed E-state index contributed by atoms with van der Waals surface area (Å²) in [6, 6.07) is 8.41. The average Bonchev–Trinajstić information content (AvgIpc) is 2.93. The summed E-state index contributed by atoms with van der Waals surface area (Å²) >= 11 is 8.23. The van der Waals surface area contributed by atoms with E-state index in [1.54, 1.807) is 0 Å². The summed E-state index contributed by atoms with van der Waals surface area (Å²) in [4.78, 5) is 10.7. The summed E-state index contributed by atoms with van der Waals surface area (Å²) in [5.74, 6) is 0. The lowest BCUT2D eigenvalue weighted by atomic mass is 9.71. The molecule has 26 heavy (non-hydrogen) atoms. The molecule has 3 unspecified atom stereocenters. The number of halogens is 1. The first-order valence-electron chi connectivity index (χ1n) is 8.89. The van der Waals surface area contributed by atoms with Crippen LogP contribution in [0.15, 0.2) is 86.7 Å². The molecule has 2 heterocycles. The Balaban J connectivity index is 1.60. The van der Waals surface area contributed by atoms with Crippen molar-refractivity contribution in [3.8, 4) is 0 Å². The molecule has 0 aromatic heterocycles. The van der Waals surface area contributed by atoms with Crippen LogP contribution in [0, 0.1) is 5.41 Å². The molecule has 130 valence electrons. The Morgan fingerprint density at radius 3 is 2.92 bits per heavy atom. The highest BCUT2D eigenvalue weighted by Crippen LogP contribution is 2.52. The Morgan fingerprint density at radius 1 is 1.19 bits per heavy atom. The van der Waals surface area contributed by atoms with Gasteiger partial charge in [-0.15, -0.1) is 11.8 Å². The van der Waals surface area contributed by atoms with Crippen molar-refractivity contribution in [3.63, 3.8) is 0 Å². The maximum absolute atomic E-state index is 6.37. The van der Waals surface area contributed by atoms with Crippen molar-refractivity contribution >= 4 is 34.4 Å². The van der Waals surface area contributed by atoms with E-state index in [0.29, 0.717) is 5.29 Å². The number of hydrogen-bond donors (Lipinski definition) is 0. The molecule has 1 aromatic carbocycles. The van der Waals surface area contributed by atoms with Crippen LogP contribution in [0.25, 0.3) is 0 Å². The van der Waals surface area contributed by atoms with Gasteiger partial charge in [-0.3, -0.25) is 0 Å². The van der Waals surface area contributed by atoms with Crippen molar-refractivity contribution in [3.05, 3.63) is 77.4 Å². The van der Waals surface area contributed by atoms with E-state index in [9.17, 15) is 0 Å². The van der Waals surface area contributed by atoms with Crippen molar-refractivity contribution < 1.29 is 0 Å². The second-order valence-electron chi connectivity index (χ2n) is 7.61. The molecule has 4 heteroatoms. The van der Waals surface area contributed by atoms with Gasteiger partial charge >= 0.3 is 0 Å². The monoisotopic (exact) mass is 378 g/mol. The smallest absolute Gasteiger partial charge is 0.218 e. The quantitative estimate of drug-likeness (QED) is 0.575. The number of fused-ring (bicyclic) bond motifs is 4. The summed E-state index contributed by atoms with van der Waals surface area (Å²) < 4.78 is -0.229. The molecule has 3 atom stereocenters. The van der Waals surface area contributed by atoms with Gasteiger partial charge in [0.15, 0.2) is 0 Å². The number of aliphatic imine (C=N–C) groups is 2. The van der Waals surface area contributed by atoms with Gasteiger partial charge < -0.3 is 0 Å². The van der Waals surface area contributed by atoms with Gasteiger partial charge in [-0.05, 0) is 42.2 Å². The molecule has 2 nitrogen and oxygen atoms in total. The minimum Gasteiger partial charge on any atom is -0.246 e. The lowest BCUT2D eigenvalue weighted by Gasteiger charge is -2.38. The van der Waals surface area contributed by atoms with E-state index in [0.717, 1.165) is 12.1 Å². The number of rotatable bonds is 1. The van der Waals surface area contributed by atoms with Crippen molar-refractivity contribution in [1.82, 2.24) is 0 Å². The Bertz CT molecular complexity index is 997. The van der Waals surface area contributed by atoms with Gasteiger partial charge in [0.25, 0.3) is 0 Å². The third kappa shape index (κ3) is 2.27. The molecule has 0 amide bonds. The maximum Gasteiger partial charge on any atom is 0.218 e. The standard InChI is InChI=1S/C22H19ClN2S/c1-21-11-6-5-7-15(21)13-14(10-12-21)18-22(2)19(25-20(23)24-18)16-8-3-4-9-17(16)26-22/h3-11,13,18H,12H2,1-2H3. The summed E-state index contributed by atoms with van der Waals surface area (Å²) in [7, 11) is 0. The molecule has 0 bridgehead atoms. The molecular formula is C22H19ClN2S. The largest absolute Gasteiger partial charge is 0.246 e. The Morgan fingerprint density at radius 2 is 2.04 bits per heavy atom. The minimum absolute atomic E-state index is 0.0312. The molecule has 0 fully saturated rings. The molecule has 0 radical (unpaired) electrons. The van der Waals surface area contributed by atoms with Crippen LogP contribution in [0.4, 0.5) is 0 Å². The van der Waals surface area contributed by atoms with Crippen molar-refractivity contribution in [2.45, 2.75) is 36.0 Å². The molecule has 5 rings (SSSR count). The van der Waals surface area contributed by atoms with Gasteiger partial charge in [0, 0.05) is 15.9 Å². The highest BCUT2D eigenvalue weighted by atomic mass is 35.5. The van der Waals surface area contributed by atoms with Crippen LogP contribution in [0.3, 0.4) is 0 Å². The summed E-state index contributed by atoms with van der Waals surface area (Å²) in [5, 5.41) is 0.353. The van der Waals surface area contributed by atoms with E-state index >= 15 is 0 Å². The summed E-state index contributed by atoms with van der Waals surface area (Å²) in [5.41, 5.74) is 4.91. The first kappa shape index (κ1) is 16.3. The lowest BCUT2D eigenvalue weighted by Crippen LogP contribution is -2.44. The Kier molecular flexibility index (Phi) is 3.51. The van der Waals surface area contributed by atoms with Gasteiger partial charge in [-0.1, -0.05) is 61.6 Å². The zero-order valence-corrected chi connectivity index (χ0v) is 16.3. The summed E-state index contributed by atoms with van der Waals surface area (Å²) in [6.45, 7) is 4.54. The van der Waals surface area contributed by atoms with E-state index in [-0.39, 0.29) is 16.2 Å². The van der Waals surface area contributed by atoms with E-state index < -0.39 is 0 Å². The van der Waals surface area contributed by atoms with Gasteiger partial charge in [0.1, 0.15) is 0 Å². The van der Waals surface area contributed by atoms with Gasteiger partial charge in [0.2, 0.25) is 5.29 Å². The van der Waals surface area contributed by atoms with Crippen LogP contribution in [0.1, 0.15) is 25.8 Å². The Labute approximate surface area is 163 Å². The van der Waals surface area contributed by atoms with E-state index in [2.05, 4.69) is 79.6 Å². The fraction of sp³-hybridized carbons (Fsp3) is 0.273. The molecule has 0 N–H and O–H groups in total. The summed E-state index contributed by atoms with van der Waals surface area (Å²) in [6.07, 6.45) is 14.4. The number of nitrogens with zero attached hydrogens (tertiary/aromatic N) is 2. The van der Waals surface area contributed by atoms with Gasteiger partial charge in [0.05, 0.1) is 16.5 Å². The second-order valence-corrected chi connectivity index (χ2v) is 9.44. The zero-order chi connectivity index (χ0) is 17.9. The van der Waals surface area contributed by atoms with Crippen LogP contribution in [-0.2, 0) is 0 Å². The van der Waals surface area contributed by atoms with Crippen LogP contribution in [-0.4, -0.2) is 21.8 Å². The highest BCUT2D eigenvalue weighted by Gasteiger charge is 2.50. The van der Waals surface area contributed by atoms with Gasteiger partial charge in [-0.25, -0.2) is 9.98 Å². The maximum atomic E-state index is 6.37. The number of hydrogen-bond acceptors (Lipinski definition) is 3. The van der Waals surface area contributed by atoms with E-state index in [1.807, 2.05) is 11.8 Å². The zero-order valence-electron chi connectivity index (χ0n) is 14.7. The number of allylic oxidation sites excluding steroid dienone is 6. The SMILES string of the molecule is CC12C=CC=CC1=CC(C1N=C(Cl)N=C3c4ccccc4SC31C)=CC2. The number of thioether (sulfide) groups is 1. The van der Waals surface area contributed by atoms with Crippen LogP contribution >= 0.6 is 23.4 Å². The van der Waals surface area contributed by atoms with Crippen molar-refractivity contribution in [2.75, 3.05) is 0 Å². The molecule has 0 saturated carbocycles. The normalized spacial score (nSPS) is 34.2. The molecular weight excluding hydrogens is 360 g/mol. The Hall–Kier alpha value is -1.84. The van der Waals surface area contributed by atoms with Crippen LogP contribution in [0.5, 0.6) is 0 Å². The van der Waals surface area contributed by atoms with Crippen LogP contribution < -0.4 is 0 Å².